The van der Waals surface area contributed by atoms with Crippen LogP contribution in [0, 0.1) is 25.6 Å². The Kier molecular flexibility index (Phi) is 6.91. The monoisotopic (exact) mass is 466 g/mol. The van der Waals surface area contributed by atoms with Gasteiger partial charge in [-0.2, -0.15) is 0 Å². The molecule has 6 nitrogen and oxygen atoms in total. The molecule has 0 saturated carbocycles. The minimum Gasteiger partial charge on any atom is -0.489 e. The molecule has 31 heavy (non-hydrogen) atoms. The molecule has 1 heterocycles. The Morgan fingerprint density at radius 3 is 2.42 bits per heavy atom. The second kappa shape index (κ2) is 9.28. The summed E-state index contributed by atoms with van der Waals surface area (Å²) in [6, 6.07) is 9.73. The maximum atomic E-state index is 13.8. The number of hydrogen-bond acceptors (Lipinski definition) is 5. The average molecular weight is 467 g/mol. The van der Waals surface area contributed by atoms with Crippen molar-refractivity contribution in [2.45, 2.75) is 39.2 Å². The number of rotatable bonds is 8. The van der Waals surface area contributed by atoms with Crippen molar-refractivity contribution in [2.24, 2.45) is 5.92 Å². The maximum absolute atomic E-state index is 13.8. The molecular formula is C22H24ClFN2O4S. The van der Waals surface area contributed by atoms with Gasteiger partial charge in [-0.25, -0.2) is 12.8 Å². The molecule has 0 fully saturated rings. The molecule has 0 saturated heterocycles. The Hall–Kier alpha value is -2.58. The Morgan fingerprint density at radius 2 is 1.84 bits per heavy atom. The van der Waals surface area contributed by atoms with Gasteiger partial charge in [0.15, 0.2) is 0 Å². The van der Waals surface area contributed by atoms with E-state index in [0.717, 1.165) is 21.6 Å². The number of halogens is 2. The van der Waals surface area contributed by atoms with Crippen LogP contribution in [0.4, 0.5) is 10.1 Å². The fourth-order valence-electron chi connectivity index (χ4n) is 3.03. The fourth-order valence-corrected chi connectivity index (χ4v) is 4.94. The van der Waals surface area contributed by atoms with Crippen LogP contribution in [0.15, 0.2) is 51.9 Å². The van der Waals surface area contributed by atoms with Crippen molar-refractivity contribution in [2.75, 3.05) is 10.8 Å². The number of aromatic nitrogens is 1. The predicted octanol–water partition coefficient (Wildman–Crippen LogP) is 5.51. The quantitative estimate of drug-likeness (QED) is 0.437. The molecule has 0 radical (unpaired) electrons. The first-order valence-corrected chi connectivity index (χ1v) is 11.5. The zero-order valence-corrected chi connectivity index (χ0v) is 19.3. The Labute approximate surface area is 186 Å². The third-order valence-electron chi connectivity index (χ3n) is 4.68. The summed E-state index contributed by atoms with van der Waals surface area (Å²) >= 11 is 6.20. The molecule has 0 bridgehead atoms. The number of sulfonamides is 1. The predicted molar refractivity (Wildman–Crippen MR) is 118 cm³/mol. The van der Waals surface area contributed by atoms with Crippen molar-refractivity contribution in [3.8, 4) is 5.75 Å². The summed E-state index contributed by atoms with van der Waals surface area (Å²) in [4.78, 5) is 0.0539. The Morgan fingerprint density at radius 1 is 1.16 bits per heavy atom. The van der Waals surface area contributed by atoms with Crippen molar-refractivity contribution in [3.05, 3.63) is 70.3 Å². The van der Waals surface area contributed by atoms with E-state index in [1.54, 1.807) is 19.1 Å². The highest BCUT2D eigenvalue weighted by Gasteiger charge is 2.28. The van der Waals surface area contributed by atoms with Crippen LogP contribution in [0.3, 0.4) is 0 Å². The van der Waals surface area contributed by atoms with Gasteiger partial charge >= 0.3 is 0 Å². The molecule has 0 unspecified atom stereocenters. The van der Waals surface area contributed by atoms with Crippen LogP contribution in [0.1, 0.15) is 30.9 Å². The Bertz CT molecular complexity index is 1140. The van der Waals surface area contributed by atoms with E-state index in [2.05, 4.69) is 5.16 Å². The van der Waals surface area contributed by atoms with Crippen LogP contribution in [-0.2, 0) is 16.6 Å². The van der Waals surface area contributed by atoms with E-state index >= 15 is 0 Å². The second-order valence-corrected chi connectivity index (χ2v) is 9.86. The summed E-state index contributed by atoms with van der Waals surface area (Å²) in [5.41, 5.74) is 1.70. The lowest BCUT2D eigenvalue weighted by molar-refractivity contribution is 0.301. The van der Waals surface area contributed by atoms with Gasteiger partial charge in [-0.3, -0.25) is 4.31 Å². The molecule has 0 aliphatic carbocycles. The highest BCUT2D eigenvalue weighted by Crippen LogP contribution is 2.32. The van der Waals surface area contributed by atoms with Crippen molar-refractivity contribution in [1.29, 1.82) is 0 Å². The Balaban J connectivity index is 1.87. The van der Waals surface area contributed by atoms with Crippen LogP contribution in [0.5, 0.6) is 5.75 Å². The summed E-state index contributed by atoms with van der Waals surface area (Å²) in [5.74, 6) is 0.601. The molecule has 0 aliphatic heterocycles. The van der Waals surface area contributed by atoms with Crippen LogP contribution < -0.4 is 9.04 Å². The molecule has 166 valence electrons. The zero-order valence-electron chi connectivity index (χ0n) is 17.7. The van der Waals surface area contributed by atoms with Crippen molar-refractivity contribution in [1.82, 2.24) is 5.16 Å². The highest BCUT2D eigenvalue weighted by molar-refractivity contribution is 7.92. The van der Waals surface area contributed by atoms with Crippen LogP contribution in [0.25, 0.3) is 0 Å². The van der Waals surface area contributed by atoms with Gasteiger partial charge in [0.1, 0.15) is 23.9 Å². The number of aryl methyl sites for hydroxylation is 2. The molecule has 0 amide bonds. The molecule has 0 atom stereocenters. The first kappa shape index (κ1) is 23.1. The summed E-state index contributed by atoms with van der Waals surface area (Å²) in [6.45, 7) is 7.78. The van der Waals surface area contributed by atoms with Crippen LogP contribution in [-0.4, -0.2) is 20.1 Å². The summed E-state index contributed by atoms with van der Waals surface area (Å²) in [6.07, 6.45) is 0. The maximum Gasteiger partial charge on any atom is 0.264 e. The summed E-state index contributed by atoms with van der Waals surface area (Å²) in [5, 5.41) is 4.04. The third-order valence-corrected chi connectivity index (χ3v) is 6.80. The van der Waals surface area contributed by atoms with Crippen LogP contribution >= 0.6 is 11.6 Å². The van der Waals surface area contributed by atoms with E-state index in [1.165, 1.54) is 24.3 Å². The normalized spacial score (nSPS) is 11.7. The van der Waals surface area contributed by atoms with Gasteiger partial charge in [0, 0.05) is 6.54 Å². The lowest BCUT2D eigenvalue weighted by Gasteiger charge is -2.27. The summed E-state index contributed by atoms with van der Waals surface area (Å²) in [7, 11) is -3.98. The van der Waals surface area contributed by atoms with E-state index in [4.69, 9.17) is 20.9 Å². The number of hydrogen-bond donors (Lipinski definition) is 0. The van der Waals surface area contributed by atoms with E-state index in [0.29, 0.717) is 11.5 Å². The van der Waals surface area contributed by atoms with E-state index in [-0.39, 0.29) is 34.7 Å². The third kappa shape index (κ3) is 5.19. The van der Waals surface area contributed by atoms with Gasteiger partial charge in [0.25, 0.3) is 10.0 Å². The second-order valence-electron chi connectivity index (χ2n) is 7.59. The first-order valence-electron chi connectivity index (χ1n) is 9.72. The molecule has 9 heteroatoms. The average Bonchev–Trinajstić information content (AvgIpc) is 3.04. The standard InChI is InChI=1S/C22H24ClFN2O4S/c1-14(2)12-26(22-11-17(24)5-10-21(22)23)31(27,28)19-8-6-18(7-9-19)29-13-20-15(3)25-30-16(20)4/h5-11,14H,12-13H2,1-4H3. The van der Waals surface area contributed by atoms with Gasteiger partial charge in [-0.05, 0) is 62.2 Å². The highest BCUT2D eigenvalue weighted by atomic mass is 35.5. The van der Waals surface area contributed by atoms with E-state index in [1.807, 2.05) is 20.8 Å². The van der Waals surface area contributed by atoms with E-state index < -0.39 is 15.8 Å². The molecule has 3 aromatic rings. The van der Waals surface area contributed by atoms with Crippen molar-refractivity contribution < 1.29 is 22.1 Å². The molecule has 0 spiro atoms. The lowest BCUT2D eigenvalue weighted by Crippen LogP contribution is -2.34. The van der Waals surface area contributed by atoms with Gasteiger partial charge in [-0.15, -0.1) is 0 Å². The molecule has 0 aliphatic rings. The number of ether oxygens (including phenoxy) is 1. The summed E-state index contributed by atoms with van der Waals surface area (Å²) < 4.78 is 52.6. The largest absolute Gasteiger partial charge is 0.489 e. The first-order chi connectivity index (χ1) is 14.6. The van der Waals surface area contributed by atoms with Gasteiger partial charge in [-0.1, -0.05) is 30.6 Å². The smallest absolute Gasteiger partial charge is 0.264 e. The number of benzene rings is 2. The molecule has 1 aromatic heterocycles. The van der Waals surface area contributed by atoms with Crippen molar-refractivity contribution >= 4 is 27.3 Å². The topological polar surface area (TPSA) is 72.6 Å². The lowest BCUT2D eigenvalue weighted by atomic mass is 10.2. The SMILES string of the molecule is Cc1noc(C)c1COc1ccc(S(=O)(=O)N(CC(C)C)c2cc(F)ccc2Cl)cc1. The van der Waals surface area contributed by atoms with Crippen molar-refractivity contribution in [3.63, 3.8) is 0 Å². The van der Waals surface area contributed by atoms with Gasteiger partial charge in [0.2, 0.25) is 0 Å². The molecule has 0 N–H and O–H groups in total. The molecular weight excluding hydrogens is 443 g/mol. The number of anilines is 1. The minimum absolute atomic E-state index is 0.00763. The molecule has 2 aromatic carbocycles. The fraction of sp³-hybridized carbons (Fsp3) is 0.318. The minimum atomic E-state index is -3.98. The van der Waals surface area contributed by atoms with E-state index in [9.17, 15) is 12.8 Å². The van der Waals surface area contributed by atoms with Gasteiger partial charge < -0.3 is 9.26 Å². The number of nitrogens with zero attached hydrogens (tertiary/aromatic N) is 2. The molecule has 3 rings (SSSR count). The zero-order chi connectivity index (χ0) is 22.8. The van der Waals surface area contributed by atoms with Crippen LogP contribution in [0.2, 0.25) is 5.02 Å². The van der Waals surface area contributed by atoms with Gasteiger partial charge in [0.05, 0.1) is 26.9 Å².